The Morgan fingerprint density at radius 1 is 1.03 bits per heavy atom. The van der Waals surface area contributed by atoms with E-state index < -0.39 is 6.10 Å². The monoisotopic (exact) mass is 486 g/mol. The standard InChI is InChI=1S/C26H22N6O2.ClH/c33-21-11-13-31(16-21)26(34)19-6-4-18(5-7-19)23-9-10-24-25(28-23)32(30-29-24)15-17-3-8-22-20(14-17)2-1-12-27-22;/h1-10,12,14,21,33H,11,13,15-16H2;1H/t21-;/m1./s1. The maximum atomic E-state index is 12.7. The van der Waals surface area contributed by atoms with E-state index in [1.54, 1.807) is 15.8 Å². The van der Waals surface area contributed by atoms with E-state index in [9.17, 15) is 9.90 Å². The van der Waals surface area contributed by atoms with E-state index >= 15 is 0 Å². The molecule has 1 saturated heterocycles. The minimum absolute atomic E-state index is 0. The Labute approximate surface area is 207 Å². The summed E-state index contributed by atoms with van der Waals surface area (Å²) >= 11 is 0. The smallest absolute Gasteiger partial charge is 0.253 e. The fourth-order valence-electron chi connectivity index (χ4n) is 4.41. The Hall–Kier alpha value is -3.88. The van der Waals surface area contributed by atoms with Gasteiger partial charge >= 0.3 is 0 Å². The Morgan fingerprint density at radius 3 is 2.66 bits per heavy atom. The molecule has 1 aliphatic rings. The van der Waals surface area contributed by atoms with Crippen LogP contribution in [0.3, 0.4) is 0 Å². The molecule has 35 heavy (non-hydrogen) atoms. The van der Waals surface area contributed by atoms with Crippen LogP contribution in [-0.4, -0.2) is 60.1 Å². The number of aromatic nitrogens is 5. The summed E-state index contributed by atoms with van der Waals surface area (Å²) in [4.78, 5) is 23.5. The zero-order chi connectivity index (χ0) is 23.1. The largest absolute Gasteiger partial charge is 0.391 e. The van der Waals surface area contributed by atoms with Gasteiger partial charge in [-0.2, -0.15) is 0 Å². The van der Waals surface area contributed by atoms with Gasteiger partial charge in [-0.15, -0.1) is 17.5 Å². The van der Waals surface area contributed by atoms with Gasteiger partial charge in [-0.05, 0) is 54.4 Å². The highest BCUT2D eigenvalue weighted by Gasteiger charge is 2.25. The van der Waals surface area contributed by atoms with Gasteiger partial charge in [0.25, 0.3) is 5.91 Å². The van der Waals surface area contributed by atoms with Crippen molar-refractivity contribution in [3.8, 4) is 11.3 Å². The summed E-state index contributed by atoms with van der Waals surface area (Å²) in [5.41, 5.74) is 5.78. The van der Waals surface area contributed by atoms with E-state index in [2.05, 4.69) is 21.4 Å². The second-order valence-electron chi connectivity index (χ2n) is 8.59. The molecule has 0 spiro atoms. The number of aliphatic hydroxyl groups is 1. The zero-order valence-electron chi connectivity index (χ0n) is 18.8. The lowest BCUT2D eigenvalue weighted by atomic mass is 10.1. The number of carbonyl (C=O) groups excluding carboxylic acids is 1. The van der Waals surface area contributed by atoms with E-state index in [0.29, 0.717) is 37.3 Å². The molecule has 0 aliphatic carbocycles. The van der Waals surface area contributed by atoms with E-state index in [4.69, 9.17) is 4.98 Å². The molecule has 5 aromatic rings. The fourth-order valence-corrected chi connectivity index (χ4v) is 4.41. The number of amides is 1. The number of halogens is 1. The third-order valence-corrected chi connectivity index (χ3v) is 6.24. The van der Waals surface area contributed by atoms with Crippen LogP contribution in [0.1, 0.15) is 22.3 Å². The molecule has 4 heterocycles. The summed E-state index contributed by atoms with van der Waals surface area (Å²) in [5, 5.41) is 19.4. The number of hydrogen-bond donors (Lipinski definition) is 1. The molecule has 176 valence electrons. The number of rotatable bonds is 4. The topological polar surface area (TPSA) is 97.0 Å². The lowest BCUT2D eigenvalue weighted by molar-refractivity contribution is 0.0765. The van der Waals surface area contributed by atoms with Crippen molar-refractivity contribution < 1.29 is 9.90 Å². The number of β-amino-alcohol motifs (C(OH)–C–C–N with tert-alkyl or cyclic N) is 1. The number of carbonyl (C=O) groups is 1. The van der Waals surface area contributed by atoms with Crippen LogP contribution < -0.4 is 0 Å². The molecule has 0 radical (unpaired) electrons. The van der Waals surface area contributed by atoms with Crippen molar-refractivity contribution in [3.63, 3.8) is 0 Å². The summed E-state index contributed by atoms with van der Waals surface area (Å²) in [7, 11) is 0. The van der Waals surface area contributed by atoms with Crippen molar-refractivity contribution in [2.75, 3.05) is 13.1 Å². The average Bonchev–Trinajstić information content (AvgIpc) is 3.49. The Bertz CT molecular complexity index is 1520. The third-order valence-electron chi connectivity index (χ3n) is 6.24. The van der Waals surface area contributed by atoms with Crippen molar-refractivity contribution in [1.29, 1.82) is 0 Å². The molecule has 9 heteroatoms. The molecular weight excluding hydrogens is 464 g/mol. The predicted molar refractivity (Wildman–Crippen MR) is 135 cm³/mol. The lowest BCUT2D eigenvalue weighted by Crippen LogP contribution is -2.29. The van der Waals surface area contributed by atoms with Crippen molar-refractivity contribution >= 4 is 40.4 Å². The van der Waals surface area contributed by atoms with Crippen LogP contribution in [0, 0.1) is 0 Å². The van der Waals surface area contributed by atoms with Gasteiger partial charge in [-0.3, -0.25) is 9.78 Å². The molecule has 1 fully saturated rings. The molecule has 1 amide bonds. The molecule has 1 N–H and O–H groups in total. The number of pyridine rings is 2. The number of fused-ring (bicyclic) bond motifs is 2. The van der Waals surface area contributed by atoms with Gasteiger partial charge in [0, 0.05) is 35.8 Å². The van der Waals surface area contributed by atoms with Crippen LogP contribution in [0.4, 0.5) is 0 Å². The minimum Gasteiger partial charge on any atom is -0.391 e. The first-order valence-corrected chi connectivity index (χ1v) is 11.3. The highest BCUT2D eigenvalue weighted by molar-refractivity contribution is 5.95. The highest BCUT2D eigenvalue weighted by Crippen LogP contribution is 2.23. The van der Waals surface area contributed by atoms with Crippen LogP contribution in [0.5, 0.6) is 0 Å². The number of aliphatic hydroxyl groups excluding tert-OH is 1. The fraction of sp³-hybridized carbons (Fsp3) is 0.192. The van der Waals surface area contributed by atoms with Gasteiger partial charge in [-0.1, -0.05) is 29.5 Å². The zero-order valence-corrected chi connectivity index (χ0v) is 19.6. The SMILES string of the molecule is Cl.O=C(c1ccc(-c2ccc3nnn(Cc4ccc5ncccc5c4)c3n2)cc1)N1CC[C@@H](O)C1. The second kappa shape index (κ2) is 9.40. The first kappa shape index (κ1) is 22.9. The predicted octanol–water partition coefficient (Wildman–Crippen LogP) is 3.72. The van der Waals surface area contributed by atoms with Crippen molar-refractivity contribution in [1.82, 2.24) is 29.9 Å². The molecule has 2 aromatic carbocycles. The van der Waals surface area contributed by atoms with Crippen molar-refractivity contribution in [3.05, 3.63) is 84.1 Å². The minimum atomic E-state index is -0.427. The van der Waals surface area contributed by atoms with Gasteiger partial charge in [-0.25, -0.2) is 9.67 Å². The van der Waals surface area contributed by atoms with Gasteiger partial charge in [0.1, 0.15) is 5.52 Å². The van der Waals surface area contributed by atoms with E-state index in [0.717, 1.165) is 33.2 Å². The highest BCUT2D eigenvalue weighted by atomic mass is 35.5. The van der Waals surface area contributed by atoms with Gasteiger partial charge < -0.3 is 10.0 Å². The normalized spacial score (nSPS) is 15.5. The Balaban J connectivity index is 0.00000253. The molecule has 3 aromatic heterocycles. The van der Waals surface area contributed by atoms with Gasteiger partial charge in [0.2, 0.25) is 0 Å². The van der Waals surface area contributed by atoms with Crippen LogP contribution in [0.2, 0.25) is 0 Å². The molecule has 0 bridgehead atoms. The summed E-state index contributed by atoms with van der Waals surface area (Å²) < 4.78 is 1.80. The average molecular weight is 487 g/mol. The van der Waals surface area contributed by atoms with Gasteiger partial charge in [0.15, 0.2) is 5.65 Å². The van der Waals surface area contributed by atoms with E-state index in [1.807, 2.05) is 60.7 Å². The summed E-state index contributed by atoms with van der Waals surface area (Å²) in [6.07, 6.45) is 1.99. The lowest BCUT2D eigenvalue weighted by Gasteiger charge is -2.15. The van der Waals surface area contributed by atoms with Gasteiger partial charge in [0.05, 0.1) is 23.9 Å². The number of benzene rings is 2. The molecule has 0 saturated carbocycles. The van der Waals surface area contributed by atoms with Crippen LogP contribution in [-0.2, 0) is 6.54 Å². The summed E-state index contributed by atoms with van der Waals surface area (Å²) in [5.74, 6) is -0.0561. The Kier molecular flexibility index (Phi) is 6.15. The second-order valence-corrected chi connectivity index (χ2v) is 8.59. The summed E-state index contributed by atoms with van der Waals surface area (Å²) in [6.45, 7) is 1.53. The molecular formula is C26H23ClN6O2. The number of hydrogen-bond acceptors (Lipinski definition) is 6. The number of nitrogens with zero attached hydrogens (tertiary/aromatic N) is 6. The molecule has 0 unspecified atom stereocenters. The molecule has 1 atom stereocenters. The van der Waals surface area contributed by atoms with E-state index in [-0.39, 0.29) is 18.3 Å². The maximum absolute atomic E-state index is 12.7. The quantitative estimate of drug-likeness (QED) is 0.416. The molecule has 8 nitrogen and oxygen atoms in total. The molecule has 6 rings (SSSR count). The maximum Gasteiger partial charge on any atom is 0.253 e. The summed E-state index contributed by atoms with van der Waals surface area (Å²) in [6, 6.07) is 21.4. The molecule has 1 aliphatic heterocycles. The first-order valence-electron chi connectivity index (χ1n) is 11.3. The van der Waals surface area contributed by atoms with E-state index in [1.165, 1.54) is 0 Å². The van der Waals surface area contributed by atoms with Crippen LogP contribution in [0.25, 0.3) is 33.3 Å². The number of likely N-dealkylation sites (tertiary alicyclic amines) is 1. The van der Waals surface area contributed by atoms with Crippen molar-refractivity contribution in [2.45, 2.75) is 19.1 Å². The van der Waals surface area contributed by atoms with Crippen molar-refractivity contribution in [2.24, 2.45) is 0 Å². The third kappa shape index (κ3) is 4.45. The first-order chi connectivity index (χ1) is 16.6. The Morgan fingerprint density at radius 2 is 1.86 bits per heavy atom. The van der Waals surface area contributed by atoms with Crippen LogP contribution in [0.15, 0.2) is 72.9 Å². The van der Waals surface area contributed by atoms with Crippen LogP contribution >= 0.6 is 12.4 Å².